The fourth-order valence-corrected chi connectivity index (χ4v) is 3.00. The highest BCUT2D eigenvalue weighted by molar-refractivity contribution is 7.13. The Morgan fingerprint density at radius 1 is 1.41 bits per heavy atom. The number of thiazole rings is 1. The first-order valence-electron chi connectivity index (χ1n) is 6.71. The molecule has 0 aromatic carbocycles. The van der Waals surface area contributed by atoms with Gasteiger partial charge in [-0.25, -0.2) is 4.98 Å². The number of carbonyl (C=O) groups excluding carboxylic acids is 1. The fraction of sp³-hybridized carbons (Fsp3) is 0.200. The van der Waals surface area contributed by atoms with E-state index in [0.717, 1.165) is 21.8 Å². The van der Waals surface area contributed by atoms with Crippen LogP contribution in [-0.2, 0) is 6.54 Å². The average Bonchev–Trinajstić information content (AvgIpc) is 3.13. The third-order valence-corrected chi connectivity index (χ3v) is 4.02. The number of amides is 1. The van der Waals surface area contributed by atoms with Crippen LogP contribution in [-0.4, -0.2) is 21.0 Å². The molecule has 0 radical (unpaired) electrons. The Morgan fingerprint density at radius 2 is 2.27 bits per heavy atom. The molecule has 0 aliphatic heterocycles. The van der Waals surface area contributed by atoms with Crippen molar-refractivity contribution >= 4 is 17.2 Å². The Bertz CT molecular complexity index is 775. The second-order valence-electron chi connectivity index (χ2n) is 4.78. The zero-order valence-corrected chi connectivity index (χ0v) is 13.0. The predicted octanol–water partition coefficient (Wildman–Crippen LogP) is 2.74. The van der Waals surface area contributed by atoms with E-state index in [1.54, 1.807) is 17.8 Å². The molecule has 1 amide bonds. The van der Waals surface area contributed by atoms with E-state index in [2.05, 4.69) is 20.4 Å². The standard InChI is InChI=1S/C15H14N4O2S/c1-9-13(10(2)21-19-9)15-18-12(8-22-15)14(20)17-7-11-4-3-5-16-6-11/h3-6,8H,7H2,1-2H3,(H,17,20). The van der Waals surface area contributed by atoms with Gasteiger partial charge in [-0.2, -0.15) is 0 Å². The van der Waals surface area contributed by atoms with Gasteiger partial charge in [-0.3, -0.25) is 9.78 Å². The molecule has 0 aliphatic carbocycles. The van der Waals surface area contributed by atoms with Gasteiger partial charge in [0.15, 0.2) is 0 Å². The first-order chi connectivity index (χ1) is 10.6. The monoisotopic (exact) mass is 314 g/mol. The van der Waals surface area contributed by atoms with Crippen molar-refractivity contribution in [1.29, 1.82) is 0 Å². The summed E-state index contributed by atoms with van der Waals surface area (Å²) in [6.45, 7) is 4.11. The number of pyridine rings is 1. The minimum Gasteiger partial charge on any atom is -0.361 e. The van der Waals surface area contributed by atoms with Crippen LogP contribution in [0.3, 0.4) is 0 Å². The van der Waals surface area contributed by atoms with E-state index in [-0.39, 0.29) is 5.91 Å². The molecule has 0 atom stereocenters. The van der Waals surface area contributed by atoms with E-state index >= 15 is 0 Å². The average molecular weight is 314 g/mol. The summed E-state index contributed by atoms with van der Waals surface area (Å²) >= 11 is 1.40. The van der Waals surface area contributed by atoms with Gasteiger partial charge in [0.2, 0.25) is 0 Å². The van der Waals surface area contributed by atoms with Gasteiger partial charge in [-0.15, -0.1) is 11.3 Å². The Morgan fingerprint density at radius 3 is 2.95 bits per heavy atom. The maximum Gasteiger partial charge on any atom is 0.271 e. The van der Waals surface area contributed by atoms with Crippen molar-refractivity contribution in [1.82, 2.24) is 20.4 Å². The number of hydrogen-bond donors (Lipinski definition) is 1. The summed E-state index contributed by atoms with van der Waals surface area (Å²) in [4.78, 5) is 20.5. The van der Waals surface area contributed by atoms with Crippen molar-refractivity contribution in [3.8, 4) is 10.6 Å². The van der Waals surface area contributed by atoms with Crippen molar-refractivity contribution in [2.24, 2.45) is 0 Å². The van der Waals surface area contributed by atoms with Gasteiger partial charge in [0.05, 0.1) is 11.3 Å². The highest BCUT2D eigenvalue weighted by Gasteiger charge is 2.17. The third kappa shape index (κ3) is 2.89. The molecule has 112 valence electrons. The van der Waals surface area contributed by atoms with E-state index in [4.69, 9.17) is 4.52 Å². The van der Waals surface area contributed by atoms with Crippen molar-refractivity contribution < 1.29 is 9.32 Å². The lowest BCUT2D eigenvalue weighted by Gasteiger charge is -2.02. The lowest BCUT2D eigenvalue weighted by atomic mass is 10.2. The van der Waals surface area contributed by atoms with Crippen molar-refractivity contribution in [3.05, 3.63) is 52.6 Å². The van der Waals surface area contributed by atoms with Gasteiger partial charge in [0.1, 0.15) is 16.5 Å². The van der Waals surface area contributed by atoms with Gasteiger partial charge in [-0.05, 0) is 25.5 Å². The predicted molar refractivity (Wildman–Crippen MR) is 82.5 cm³/mol. The maximum absolute atomic E-state index is 12.1. The number of rotatable bonds is 4. The number of aryl methyl sites for hydroxylation is 2. The molecule has 3 rings (SSSR count). The van der Waals surface area contributed by atoms with Crippen LogP contribution in [0.2, 0.25) is 0 Å². The summed E-state index contributed by atoms with van der Waals surface area (Å²) < 4.78 is 5.13. The van der Waals surface area contributed by atoms with E-state index in [9.17, 15) is 4.79 Å². The number of hydrogen-bond acceptors (Lipinski definition) is 6. The van der Waals surface area contributed by atoms with Crippen molar-refractivity contribution in [2.75, 3.05) is 0 Å². The van der Waals surface area contributed by atoms with Crippen LogP contribution in [0.5, 0.6) is 0 Å². The fourth-order valence-electron chi connectivity index (χ4n) is 2.06. The zero-order valence-electron chi connectivity index (χ0n) is 12.2. The Hall–Kier alpha value is -2.54. The lowest BCUT2D eigenvalue weighted by Crippen LogP contribution is -2.23. The van der Waals surface area contributed by atoms with Crippen molar-refractivity contribution in [2.45, 2.75) is 20.4 Å². The Kier molecular flexibility index (Phi) is 3.97. The summed E-state index contributed by atoms with van der Waals surface area (Å²) in [5.41, 5.74) is 2.96. The quantitative estimate of drug-likeness (QED) is 0.801. The molecule has 0 saturated carbocycles. The summed E-state index contributed by atoms with van der Waals surface area (Å²) in [6.07, 6.45) is 3.41. The van der Waals surface area contributed by atoms with Gasteiger partial charge >= 0.3 is 0 Å². The van der Waals surface area contributed by atoms with E-state index in [0.29, 0.717) is 18.0 Å². The summed E-state index contributed by atoms with van der Waals surface area (Å²) in [5.74, 6) is 0.493. The SMILES string of the molecule is Cc1noc(C)c1-c1nc(C(=O)NCc2cccnc2)cs1. The topological polar surface area (TPSA) is 80.9 Å². The first-order valence-corrected chi connectivity index (χ1v) is 7.59. The highest BCUT2D eigenvalue weighted by atomic mass is 32.1. The van der Waals surface area contributed by atoms with Crippen LogP contribution in [0.25, 0.3) is 10.6 Å². The Labute approximate surface area is 131 Å². The second kappa shape index (κ2) is 6.07. The Balaban J connectivity index is 1.72. The van der Waals surface area contributed by atoms with Crippen molar-refractivity contribution in [3.63, 3.8) is 0 Å². The van der Waals surface area contributed by atoms with Crippen LogP contribution >= 0.6 is 11.3 Å². The molecular formula is C15H14N4O2S. The normalized spacial score (nSPS) is 10.6. The molecular weight excluding hydrogens is 300 g/mol. The van der Waals surface area contributed by atoms with E-state index in [1.807, 2.05) is 26.0 Å². The summed E-state index contributed by atoms with van der Waals surface area (Å²) in [7, 11) is 0. The van der Waals surface area contributed by atoms with Gasteiger partial charge in [0, 0.05) is 24.3 Å². The van der Waals surface area contributed by atoms with Crippen LogP contribution < -0.4 is 5.32 Å². The highest BCUT2D eigenvalue weighted by Crippen LogP contribution is 2.29. The molecule has 22 heavy (non-hydrogen) atoms. The van der Waals surface area contributed by atoms with Crippen LogP contribution in [0.15, 0.2) is 34.4 Å². The molecule has 3 heterocycles. The van der Waals surface area contributed by atoms with E-state index < -0.39 is 0 Å². The molecule has 0 unspecified atom stereocenters. The number of aromatic nitrogens is 3. The molecule has 0 fully saturated rings. The molecule has 0 spiro atoms. The first kappa shape index (κ1) is 14.4. The second-order valence-corrected chi connectivity index (χ2v) is 5.64. The smallest absolute Gasteiger partial charge is 0.271 e. The van der Waals surface area contributed by atoms with Gasteiger partial charge in [-0.1, -0.05) is 11.2 Å². The van der Waals surface area contributed by atoms with Gasteiger partial charge < -0.3 is 9.84 Å². The minimum absolute atomic E-state index is 0.210. The summed E-state index contributed by atoms with van der Waals surface area (Å²) in [5, 5.41) is 9.21. The molecule has 3 aromatic heterocycles. The number of carbonyl (C=O) groups is 1. The van der Waals surface area contributed by atoms with Crippen LogP contribution in [0, 0.1) is 13.8 Å². The lowest BCUT2D eigenvalue weighted by molar-refractivity contribution is 0.0946. The number of nitrogens with zero attached hydrogens (tertiary/aromatic N) is 3. The largest absolute Gasteiger partial charge is 0.361 e. The zero-order chi connectivity index (χ0) is 15.5. The van der Waals surface area contributed by atoms with E-state index in [1.165, 1.54) is 11.3 Å². The van der Waals surface area contributed by atoms with Crippen LogP contribution in [0.4, 0.5) is 0 Å². The molecule has 0 aliphatic rings. The summed E-state index contributed by atoms with van der Waals surface area (Å²) in [6, 6.07) is 3.74. The van der Waals surface area contributed by atoms with Crippen LogP contribution in [0.1, 0.15) is 27.5 Å². The molecule has 0 bridgehead atoms. The molecule has 3 aromatic rings. The minimum atomic E-state index is -0.210. The molecule has 6 nitrogen and oxygen atoms in total. The molecule has 1 N–H and O–H groups in total. The third-order valence-electron chi connectivity index (χ3n) is 3.16. The maximum atomic E-state index is 12.1. The number of nitrogens with one attached hydrogen (secondary N) is 1. The molecule has 0 saturated heterocycles. The molecule has 7 heteroatoms. The van der Waals surface area contributed by atoms with Gasteiger partial charge in [0.25, 0.3) is 5.91 Å².